The average molecular weight is 187 g/mol. The van der Waals surface area contributed by atoms with Gasteiger partial charge >= 0.3 is 0 Å². The van der Waals surface area contributed by atoms with Crippen molar-refractivity contribution in [3.8, 4) is 0 Å². The monoisotopic (exact) mass is 187 g/mol. The summed E-state index contributed by atoms with van der Waals surface area (Å²) in [4.78, 5) is 11.0. The van der Waals surface area contributed by atoms with Gasteiger partial charge in [0.25, 0.3) is 0 Å². The van der Waals surface area contributed by atoms with E-state index in [-0.39, 0.29) is 5.91 Å². The number of ether oxygens (including phenoxy) is 1. The molecule has 1 N–H and O–H groups in total. The van der Waals surface area contributed by atoms with Crippen LogP contribution in [0.15, 0.2) is 0 Å². The topological polar surface area (TPSA) is 38.3 Å². The largest absolute Gasteiger partial charge is 0.384 e. The van der Waals surface area contributed by atoms with Crippen molar-refractivity contribution in [1.82, 2.24) is 5.32 Å². The molecule has 0 saturated heterocycles. The Bertz CT molecular complexity index is 126. The van der Waals surface area contributed by atoms with Gasteiger partial charge in [-0.05, 0) is 6.42 Å². The number of methoxy groups -OCH3 is 1. The maximum absolute atomic E-state index is 11.0. The second-order valence-corrected chi connectivity index (χ2v) is 3.15. The van der Waals surface area contributed by atoms with Crippen LogP contribution < -0.4 is 5.32 Å². The molecule has 0 aliphatic rings. The molecule has 1 amide bonds. The predicted molar refractivity (Wildman–Crippen MR) is 53.6 cm³/mol. The molecule has 0 heterocycles. The summed E-state index contributed by atoms with van der Waals surface area (Å²) in [7, 11) is 1.61. The molecule has 0 bridgehead atoms. The molecule has 0 atom stereocenters. The van der Waals surface area contributed by atoms with Gasteiger partial charge in [-0.2, -0.15) is 0 Å². The number of hydrogen-bond donors (Lipinski definition) is 1. The van der Waals surface area contributed by atoms with Gasteiger partial charge in [-0.3, -0.25) is 4.79 Å². The Morgan fingerprint density at radius 3 is 2.69 bits per heavy atom. The summed E-state index contributed by atoms with van der Waals surface area (Å²) in [6.07, 6.45) is 5.27. The Hall–Kier alpha value is -0.570. The number of amides is 1. The fourth-order valence-corrected chi connectivity index (χ4v) is 1.06. The van der Waals surface area contributed by atoms with Crippen LogP contribution in [0.25, 0.3) is 0 Å². The highest BCUT2D eigenvalue weighted by molar-refractivity contribution is 5.75. The lowest BCUT2D eigenvalue weighted by atomic mass is 10.2. The summed E-state index contributed by atoms with van der Waals surface area (Å²) in [6.45, 7) is 3.50. The fourth-order valence-electron chi connectivity index (χ4n) is 1.06. The highest BCUT2D eigenvalue weighted by atomic mass is 16.5. The van der Waals surface area contributed by atoms with Crippen LogP contribution in [0, 0.1) is 0 Å². The van der Waals surface area contributed by atoms with Crippen molar-refractivity contribution in [2.24, 2.45) is 0 Å². The van der Waals surface area contributed by atoms with Gasteiger partial charge in [0.2, 0.25) is 5.91 Å². The lowest BCUT2D eigenvalue weighted by Crippen LogP contribution is -2.25. The molecule has 0 saturated carbocycles. The smallest absolute Gasteiger partial charge is 0.222 e. The average Bonchev–Trinajstić information content (AvgIpc) is 2.14. The minimum Gasteiger partial charge on any atom is -0.384 e. The molecule has 0 aromatic rings. The Morgan fingerprint density at radius 1 is 1.31 bits per heavy atom. The van der Waals surface area contributed by atoms with Gasteiger partial charge < -0.3 is 10.1 Å². The SMILES string of the molecule is CCCCCCNC(=O)CCOC. The van der Waals surface area contributed by atoms with Crippen molar-refractivity contribution < 1.29 is 9.53 Å². The minimum absolute atomic E-state index is 0.0957. The van der Waals surface area contributed by atoms with Gasteiger partial charge in [-0.25, -0.2) is 0 Å². The van der Waals surface area contributed by atoms with E-state index in [1.165, 1.54) is 19.3 Å². The predicted octanol–water partition coefficient (Wildman–Crippen LogP) is 1.72. The zero-order valence-corrected chi connectivity index (χ0v) is 8.77. The molecule has 0 spiro atoms. The van der Waals surface area contributed by atoms with Crippen LogP contribution in [0.2, 0.25) is 0 Å². The van der Waals surface area contributed by atoms with Crippen LogP contribution in [0.4, 0.5) is 0 Å². The van der Waals surface area contributed by atoms with E-state index < -0.39 is 0 Å². The van der Waals surface area contributed by atoms with Crippen LogP contribution >= 0.6 is 0 Å². The van der Waals surface area contributed by atoms with Crippen LogP contribution in [0.3, 0.4) is 0 Å². The first kappa shape index (κ1) is 12.4. The van der Waals surface area contributed by atoms with E-state index in [1.54, 1.807) is 7.11 Å². The zero-order chi connectivity index (χ0) is 9.94. The summed E-state index contributed by atoms with van der Waals surface area (Å²) < 4.78 is 4.80. The molecule has 3 nitrogen and oxygen atoms in total. The van der Waals surface area contributed by atoms with E-state index in [0.717, 1.165) is 13.0 Å². The van der Waals surface area contributed by atoms with Crippen molar-refractivity contribution in [2.75, 3.05) is 20.3 Å². The molecule has 0 unspecified atom stereocenters. The van der Waals surface area contributed by atoms with Crippen LogP contribution in [0.1, 0.15) is 39.0 Å². The van der Waals surface area contributed by atoms with Gasteiger partial charge in [0, 0.05) is 20.1 Å². The number of carbonyl (C=O) groups is 1. The van der Waals surface area contributed by atoms with E-state index in [1.807, 2.05) is 0 Å². The number of unbranched alkanes of at least 4 members (excludes halogenated alkanes) is 3. The molecule has 3 heteroatoms. The second kappa shape index (κ2) is 9.52. The van der Waals surface area contributed by atoms with Crippen molar-refractivity contribution in [2.45, 2.75) is 39.0 Å². The quantitative estimate of drug-likeness (QED) is 0.588. The molecule has 0 rings (SSSR count). The number of rotatable bonds is 8. The lowest BCUT2D eigenvalue weighted by molar-refractivity contribution is -0.121. The standard InChI is InChI=1S/C10H21NO2/c1-3-4-5-6-8-11-10(12)7-9-13-2/h3-9H2,1-2H3,(H,11,12). The first-order valence-electron chi connectivity index (χ1n) is 5.07. The van der Waals surface area contributed by atoms with Crippen molar-refractivity contribution >= 4 is 5.91 Å². The third-order valence-electron chi connectivity index (χ3n) is 1.89. The Labute approximate surface area is 80.8 Å². The van der Waals surface area contributed by atoms with Gasteiger partial charge in [0.1, 0.15) is 0 Å². The van der Waals surface area contributed by atoms with E-state index in [0.29, 0.717) is 13.0 Å². The van der Waals surface area contributed by atoms with Crippen LogP contribution in [0.5, 0.6) is 0 Å². The number of hydrogen-bond acceptors (Lipinski definition) is 2. The fraction of sp³-hybridized carbons (Fsp3) is 0.900. The van der Waals surface area contributed by atoms with E-state index >= 15 is 0 Å². The molecule has 0 radical (unpaired) electrons. The normalized spacial score (nSPS) is 10.0. The highest BCUT2D eigenvalue weighted by Crippen LogP contribution is 1.96. The van der Waals surface area contributed by atoms with E-state index in [2.05, 4.69) is 12.2 Å². The van der Waals surface area contributed by atoms with E-state index in [9.17, 15) is 4.79 Å². The first-order valence-corrected chi connectivity index (χ1v) is 5.07. The molecule has 78 valence electrons. The summed E-state index contributed by atoms with van der Waals surface area (Å²) in [5.41, 5.74) is 0. The lowest BCUT2D eigenvalue weighted by Gasteiger charge is -2.03. The summed E-state index contributed by atoms with van der Waals surface area (Å²) >= 11 is 0. The number of carbonyl (C=O) groups excluding carboxylic acids is 1. The molecule has 0 fully saturated rings. The van der Waals surface area contributed by atoms with E-state index in [4.69, 9.17) is 4.74 Å². The minimum atomic E-state index is 0.0957. The second-order valence-electron chi connectivity index (χ2n) is 3.15. The van der Waals surface area contributed by atoms with Crippen molar-refractivity contribution in [3.05, 3.63) is 0 Å². The Morgan fingerprint density at radius 2 is 2.08 bits per heavy atom. The summed E-state index contributed by atoms with van der Waals surface area (Å²) in [6, 6.07) is 0. The molecular formula is C10H21NO2. The van der Waals surface area contributed by atoms with Gasteiger partial charge in [-0.1, -0.05) is 26.2 Å². The number of nitrogens with one attached hydrogen (secondary N) is 1. The van der Waals surface area contributed by atoms with Gasteiger partial charge in [0.05, 0.1) is 6.61 Å². The van der Waals surface area contributed by atoms with Crippen LogP contribution in [-0.2, 0) is 9.53 Å². The zero-order valence-electron chi connectivity index (χ0n) is 8.77. The van der Waals surface area contributed by atoms with Crippen molar-refractivity contribution in [1.29, 1.82) is 0 Å². The molecular weight excluding hydrogens is 166 g/mol. The van der Waals surface area contributed by atoms with Gasteiger partial charge in [-0.15, -0.1) is 0 Å². The maximum atomic E-state index is 11.0. The summed E-state index contributed by atoms with van der Waals surface area (Å²) in [5, 5.41) is 2.86. The molecule has 0 aromatic heterocycles. The molecule has 0 aliphatic heterocycles. The molecule has 0 aliphatic carbocycles. The maximum Gasteiger partial charge on any atom is 0.222 e. The Balaban J connectivity index is 3.08. The first-order chi connectivity index (χ1) is 6.31. The third-order valence-corrected chi connectivity index (χ3v) is 1.89. The van der Waals surface area contributed by atoms with Crippen LogP contribution in [-0.4, -0.2) is 26.2 Å². The van der Waals surface area contributed by atoms with Crippen molar-refractivity contribution in [3.63, 3.8) is 0 Å². The molecule has 13 heavy (non-hydrogen) atoms. The molecule has 0 aromatic carbocycles. The third kappa shape index (κ3) is 9.34. The van der Waals surface area contributed by atoms with Gasteiger partial charge in [0.15, 0.2) is 0 Å². The summed E-state index contributed by atoms with van der Waals surface area (Å²) in [5.74, 6) is 0.0957. The Kier molecular flexibility index (Phi) is 9.10. The highest BCUT2D eigenvalue weighted by Gasteiger charge is 1.98.